The number of allylic oxidation sites excluding steroid dienone is 2. The largest absolute Gasteiger partial charge is 0.433 e. The summed E-state index contributed by atoms with van der Waals surface area (Å²) in [6.45, 7) is -0.363. The average molecular weight is 449 g/mol. The van der Waals surface area contributed by atoms with E-state index in [2.05, 4.69) is 15.3 Å². The number of pyridine rings is 2. The first-order valence-electron chi connectivity index (χ1n) is 9.79. The van der Waals surface area contributed by atoms with Crippen molar-refractivity contribution in [2.45, 2.75) is 30.7 Å². The Morgan fingerprint density at radius 2 is 2.03 bits per heavy atom. The number of aromatic nitrogens is 2. The molecular weight excluding hydrogens is 430 g/mol. The van der Waals surface area contributed by atoms with E-state index < -0.39 is 23.9 Å². The molecule has 1 unspecified atom stereocenters. The summed E-state index contributed by atoms with van der Waals surface area (Å²) in [5, 5.41) is 12.4. The van der Waals surface area contributed by atoms with E-state index in [-0.39, 0.29) is 36.6 Å². The summed E-state index contributed by atoms with van der Waals surface area (Å²) in [4.78, 5) is 20.8. The highest BCUT2D eigenvalue weighted by Crippen LogP contribution is 2.35. The molecule has 0 spiro atoms. The molecule has 10 heteroatoms. The molecule has 6 nitrogen and oxygen atoms in total. The second kappa shape index (κ2) is 8.44. The van der Waals surface area contributed by atoms with Gasteiger partial charge in [0, 0.05) is 23.5 Å². The maximum atomic E-state index is 13.1. The van der Waals surface area contributed by atoms with Crippen molar-refractivity contribution in [1.29, 1.82) is 0 Å². The Kier molecular flexibility index (Phi) is 5.83. The summed E-state index contributed by atoms with van der Waals surface area (Å²) in [6, 6.07) is 3.67. The Morgan fingerprint density at radius 1 is 1.25 bits per heavy atom. The second-order valence-corrected chi connectivity index (χ2v) is 7.65. The number of ether oxygens (including phenoxy) is 1. The Morgan fingerprint density at radius 3 is 2.56 bits per heavy atom. The van der Waals surface area contributed by atoms with Crippen molar-refractivity contribution in [2.75, 3.05) is 13.2 Å². The van der Waals surface area contributed by atoms with Gasteiger partial charge in [-0.05, 0) is 36.3 Å². The minimum atomic E-state index is -4.62. The van der Waals surface area contributed by atoms with Gasteiger partial charge in [0.2, 0.25) is 5.91 Å². The Bertz CT molecular complexity index is 1080. The van der Waals surface area contributed by atoms with Crippen LogP contribution in [0.15, 0.2) is 54.6 Å². The molecule has 1 saturated heterocycles. The molecule has 168 valence electrons. The molecular formula is C22H19F4N3O3. The number of rotatable bonds is 5. The van der Waals surface area contributed by atoms with Crippen LogP contribution in [-0.2, 0) is 27.7 Å². The number of aliphatic hydroxyl groups excluding tert-OH is 1. The van der Waals surface area contributed by atoms with Crippen LogP contribution < -0.4 is 5.32 Å². The van der Waals surface area contributed by atoms with E-state index in [1.165, 1.54) is 18.3 Å². The number of halogens is 4. The van der Waals surface area contributed by atoms with Crippen LogP contribution in [0.5, 0.6) is 0 Å². The fourth-order valence-corrected chi connectivity index (χ4v) is 3.59. The summed E-state index contributed by atoms with van der Waals surface area (Å²) < 4.78 is 57.1. The van der Waals surface area contributed by atoms with E-state index in [9.17, 15) is 27.5 Å². The Labute approximate surface area is 180 Å². The van der Waals surface area contributed by atoms with Crippen molar-refractivity contribution < 1.29 is 32.2 Å². The van der Waals surface area contributed by atoms with E-state index in [1.54, 1.807) is 18.2 Å². The molecule has 1 aliphatic heterocycles. The molecule has 2 N–H and O–H groups in total. The lowest BCUT2D eigenvalue weighted by Gasteiger charge is -2.40. The first-order chi connectivity index (χ1) is 15.2. The number of carbonyl (C=O) groups is 1. The number of aliphatic hydroxyl groups is 1. The first kappa shape index (κ1) is 22.1. The van der Waals surface area contributed by atoms with Crippen LogP contribution in [-0.4, -0.2) is 40.2 Å². The lowest BCUT2D eigenvalue weighted by atomic mass is 9.80. The highest BCUT2D eigenvalue weighted by Gasteiger charge is 2.49. The quantitative estimate of drug-likeness (QED) is 0.685. The highest BCUT2D eigenvalue weighted by atomic mass is 19.4. The minimum Gasteiger partial charge on any atom is -0.392 e. The molecule has 1 amide bonds. The third-order valence-corrected chi connectivity index (χ3v) is 5.52. The van der Waals surface area contributed by atoms with Crippen molar-refractivity contribution in [3.63, 3.8) is 0 Å². The molecule has 3 heterocycles. The second-order valence-electron chi connectivity index (χ2n) is 7.65. The number of alkyl halides is 3. The molecule has 0 radical (unpaired) electrons. The predicted octanol–water partition coefficient (Wildman–Crippen LogP) is 3.22. The third kappa shape index (κ3) is 4.15. The number of hydrogen-bond donors (Lipinski definition) is 2. The Hall–Kier alpha value is -3.11. The maximum absolute atomic E-state index is 13.1. The van der Waals surface area contributed by atoms with Gasteiger partial charge in [-0.3, -0.25) is 14.8 Å². The molecule has 1 aliphatic carbocycles. The molecule has 1 atom stereocenters. The fourth-order valence-electron chi connectivity index (χ4n) is 3.59. The van der Waals surface area contributed by atoms with Gasteiger partial charge in [0.1, 0.15) is 16.9 Å². The SMILES string of the molecule is O=C(NC1C=CC(F)=CC1)C1(c2ccc(-c3cnc(C(F)(F)F)cc3CO)cn2)COC1. The number of carbonyl (C=O) groups excluding carboxylic acids is 1. The van der Waals surface area contributed by atoms with Gasteiger partial charge in [0.05, 0.1) is 31.6 Å². The zero-order chi connectivity index (χ0) is 22.9. The van der Waals surface area contributed by atoms with E-state index in [0.717, 1.165) is 12.3 Å². The zero-order valence-corrected chi connectivity index (χ0v) is 16.7. The van der Waals surface area contributed by atoms with Gasteiger partial charge < -0.3 is 15.2 Å². The summed E-state index contributed by atoms with van der Waals surface area (Å²) >= 11 is 0. The van der Waals surface area contributed by atoms with Crippen LogP contribution in [0.2, 0.25) is 0 Å². The molecule has 4 rings (SSSR count). The smallest absolute Gasteiger partial charge is 0.392 e. The summed E-state index contributed by atoms with van der Waals surface area (Å²) in [5.74, 6) is -0.656. The lowest BCUT2D eigenvalue weighted by Crippen LogP contribution is -2.59. The van der Waals surface area contributed by atoms with Gasteiger partial charge in [-0.1, -0.05) is 12.1 Å². The predicted molar refractivity (Wildman–Crippen MR) is 106 cm³/mol. The number of nitrogens with one attached hydrogen (secondary N) is 1. The van der Waals surface area contributed by atoms with Crippen molar-refractivity contribution >= 4 is 5.91 Å². The van der Waals surface area contributed by atoms with Crippen LogP contribution in [0.1, 0.15) is 23.4 Å². The van der Waals surface area contributed by atoms with Gasteiger partial charge in [0.25, 0.3) is 0 Å². The molecule has 1 fully saturated rings. The van der Waals surface area contributed by atoms with Gasteiger partial charge in [-0.2, -0.15) is 13.2 Å². The van der Waals surface area contributed by atoms with Crippen molar-refractivity contribution in [3.05, 3.63) is 71.6 Å². The van der Waals surface area contributed by atoms with Crippen LogP contribution in [0.3, 0.4) is 0 Å². The van der Waals surface area contributed by atoms with Gasteiger partial charge in [0.15, 0.2) is 0 Å². The highest BCUT2D eigenvalue weighted by molar-refractivity contribution is 5.89. The van der Waals surface area contributed by atoms with Crippen LogP contribution in [0, 0.1) is 0 Å². The molecule has 2 aromatic heterocycles. The van der Waals surface area contributed by atoms with Crippen LogP contribution in [0.25, 0.3) is 11.1 Å². The van der Waals surface area contributed by atoms with Crippen molar-refractivity contribution in [2.24, 2.45) is 0 Å². The molecule has 0 saturated carbocycles. The minimum absolute atomic E-state index is 0.0608. The first-order valence-corrected chi connectivity index (χ1v) is 9.79. The standard InChI is InChI=1S/C22H19F4N3O3/c23-15-2-4-16(5-3-15)29-20(31)21(11-32-12-21)18-6-1-13(8-27-18)17-9-28-19(22(24,25)26)7-14(17)10-30/h1-4,6-9,16,30H,5,10-12H2,(H,29,31). The van der Waals surface area contributed by atoms with E-state index in [1.807, 2.05) is 0 Å². The number of nitrogens with zero attached hydrogens (tertiary/aromatic N) is 2. The normalized spacial score (nSPS) is 19.8. The number of amides is 1. The lowest BCUT2D eigenvalue weighted by molar-refractivity contribution is -0.146. The molecule has 2 aliphatic rings. The van der Waals surface area contributed by atoms with Crippen molar-refractivity contribution in [1.82, 2.24) is 15.3 Å². The summed E-state index contributed by atoms with van der Waals surface area (Å²) in [7, 11) is 0. The van der Waals surface area contributed by atoms with Gasteiger partial charge in [-0.15, -0.1) is 0 Å². The molecule has 0 bridgehead atoms. The Balaban J connectivity index is 1.56. The van der Waals surface area contributed by atoms with Crippen molar-refractivity contribution in [3.8, 4) is 11.1 Å². The topological polar surface area (TPSA) is 84.3 Å². The van der Waals surface area contributed by atoms with E-state index in [0.29, 0.717) is 23.2 Å². The third-order valence-electron chi connectivity index (χ3n) is 5.52. The number of hydrogen-bond acceptors (Lipinski definition) is 5. The van der Waals surface area contributed by atoms with Gasteiger partial charge in [-0.25, -0.2) is 4.39 Å². The summed E-state index contributed by atoms with van der Waals surface area (Å²) in [6.07, 6.45) is 2.44. The van der Waals surface area contributed by atoms with Crippen LogP contribution >= 0.6 is 0 Å². The van der Waals surface area contributed by atoms with E-state index in [4.69, 9.17) is 4.74 Å². The molecule has 32 heavy (non-hydrogen) atoms. The monoisotopic (exact) mass is 449 g/mol. The molecule has 2 aromatic rings. The van der Waals surface area contributed by atoms with Gasteiger partial charge >= 0.3 is 6.18 Å². The summed E-state index contributed by atoms with van der Waals surface area (Å²) in [5.41, 5.74) is -0.842. The molecule has 0 aromatic carbocycles. The van der Waals surface area contributed by atoms with E-state index >= 15 is 0 Å². The zero-order valence-electron chi connectivity index (χ0n) is 16.7. The maximum Gasteiger partial charge on any atom is 0.433 e. The fraction of sp³-hybridized carbons (Fsp3) is 0.318. The average Bonchev–Trinajstić information content (AvgIpc) is 2.74. The van der Waals surface area contributed by atoms with Crippen LogP contribution in [0.4, 0.5) is 17.6 Å².